The fraction of sp³-hybridized carbons (Fsp3) is 0.281. The van der Waals surface area contributed by atoms with Crippen molar-refractivity contribution in [3.8, 4) is 23.0 Å². The molecule has 0 aromatic heterocycles. The second-order valence-electron chi connectivity index (χ2n) is 10.7. The third kappa shape index (κ3) is 9.72. The molecule has 3 aromatic carbocycles. The van der Waals surface area contributed by atoms with E-state index >= 15 is 0 Å². The summed E-state index contributed by atoms with van der Waals surface area (Å²) in [6, 6.07) is 12.3. The van der Waals surface area contributed by atoms with Crippen LogP contribution in [-0.2, 0) is 30.3 Å². The average Bonchev–Trinajstić information content (AvgIpc) is 3.54. The van der Waals surface area contributed by atoms with E-state index in [1.54, 1.807) is 42.5 Å². The van der Waals surface area contributed by atoms with Gasteiger partial charge in [-0.05, 0) is 60.5 Å². The lowest BCUT2D eigenvalue weighted by Crippen LogP contribution is -2.60. The van der Waals surface area contributed by atoms with Gasteiger partial charge in [0.1, 0.15) is 23.6 Å². The van der Waals surface area contributed by atoms with Crippen molar-refractivity contribution in [2.24, 2.45) is 23.1 Å². The normalized spacial score (nSPS) is 14.1. The molecule has 260 valence electrons. The second-order valence-corrected chi connectivity index (χ2v) is 11.1. The number of hydrogen-bond donors (Lipinski definition) is 5. The number of anilines is 1. The van der Waals surface area contributed by atoms with Crippen LogP contribution in [0.5, 0.6) is 23.0 Å². The number of fused-ring (bicyclic) bond motifs is 1. The number of carboxylic acid groups (broad SMARTS) is 1. The van der Waals surface area contributed by atoms with E-state index in [0.717, 1.165) is 4.90 Å². The first-order valence-corrected chi connectivity index (χ1v) is 15.1. The molecule has 1 aliphatic heterocycles. The number of hydrogen-bond acceptors (Lipinski definition) is 12. The molecule has 49 heavy (non-hydrogen) atoms. The number of carbonyl (C=O) groups is 5. The Morgan fingerprint density at radius 3 is 2.24 bits per heavy atom. The van der Waals surface area contributed by atoms with E-state index in [1.807, 2.05) is 0 Å². The number of nitrogens with one attached hydrogen (secondary N) is 1. The number of nitrogens with two attached hydrogens (primary N) is 3. The summed E-state index contributed by atoms with van der Waals surface area (Å²) in [6.07, 6.45) is -0.0862. The van der Waals surface area contributed by atoms with Crippen LogP contribution in [-0.4, -0.2) is 73.2 Å². The Hall–Kier alpha value is -5.58. The van der Waals surface area contributed by atoms with Crippen molar-refractivity contribution in [1.82, 2.24) is 5.32 Å². The topological polar surface area (TPSA) is 245 Å². The number of nitrogens with zero attached hydrogens (tertiary/aromatic N) is 1. The first kappa shape index (κ1) is 36.3. The molecule has 3 amide bonds. The first-order chi connectivity index (χ1) is 23.3. The Balaban J connectivity index is 1.31. The molecule has 8 N–H and O–H groups in total. The summed E-state index contributed by atoms with van der Waals surface area (Å²) in [6.45, 7) is 0.438. The fourth-order valence-corrected chi connectivity index (χ4v) is 4.92. The summed E-state index contributed by atoms with van der Waals surface area (Å²) < 4.78 is 26.4. The van der Waals surface area contributed by atoms with Crippen molar-refractivity contribution < 1.29 is 52.8 Å². The van der Waals surface area contributed by atoms with Gasteiger partial charge in [0.2, 0.25) is 12.7 Å². The Kier molecular flexibility index (Phi) is 12.2. The van der Waals surface area contributed by atoms with Gasteiger partial charge in [0.15, 0.2) is 24.8 Å². The van der Waals surface area contributed by atoms with Gasteiger partial charge in [0.25, 0.3) is 0 Å². The van der Waals surface area contributed by atoms with Gasteiger partial charge >= 0.3 is 23.9 Å². The third-order valence-electron chi connectivity index (χ3n) is 7.38. The minimum atomic E-state index is -1.67. The molecule has 3 aromatic rings. The molecule has 4 rings (SSSR count). The summed E-state index contributed by atoms with van der Waals surface area (Å²) in [4.78, 5) is 62.6. The molecule has 4 atom stereocenters. The highest BCUT2D eigenvalue weighted by Crippen LogP contribution is 2.33. The Labute approximate surface area is 284 Å². The van der Waals surface area contributed by atoms with Gasteiger partial charge in [-0.3, -0.25) is 19.8 Å². The number of primary amides is 2. The van der Waals surface area contributed by atoms with Gasteiger partial charge in [0.05, 0.1) is 16.6 Å². The van der Waals surface area contributed by atoms with Crippen LogP contribution in [0.25, 0.3) is 0 Å². The summed E-state index contributed by atoms with van der Waals surface area (Å²) in [7, 11) is 0. The zero-order valence-corrected chi connectivity index (χ0v) is 26.8. The highest BCUT2D eigenvalue weighted by Gasteiger charge is 2.37. The van der Waals surface area contributed by atoms with Crippen molar-refractivity contribution in [2.45, 2.75) is 31.5 Å². The molecule has 16 nitrogen and oxygen atoms in total. The number of amides is 3. The number of benzene rings is 3. The first-order valence-electron chi connectivity index (χ1n) is 14.7. The number of carboxylic acids is 1. The van der Waals surface area contributed by atoms with Gasteiger partial charge in [0, 0.05) is 6.04 Å². The van der Waals surface area contributed by atoms with Crippen LogP contribution in [0.4, 0.5) is 10.5 Å². The number of rotatable bonds is 16. The van der Waals surface area contributed by atoms with Crippen molar-refractivity contribution in [2.75, 3.05) is 25.0 Å². The lowest BCUT2D eigenvalue weighted by Gasteiger charge is -2.30. The summed E-state index contributed by atoms with van der Waals surface area (Å²) >= 11 is 6.15. The number of carbonyl (C=O) groups excluding carboxylic acids is 4. The van der Waals surface area contributed by atoms with Gasteiger partial charge in [-0.15, -0.1) is 0 Å². The molecule has 0 spiro atoms. The molecule has 0 saturated carbocycles. The van der Waals surface area contributed by atoms with E-state index in [9.17, 15) is 29.1 Å². The molecule has 3 unspecified atom stereocenters. The van der Waals surface area contributed by atoms with E-state index in [-0.39, 0.29) is 25.7 Å². The standard InChI is InChI=1S/C32H34ClN5O11/c1-17(29(35)40)28(37-22(30(41)42)12-18-6-11-24-25(13-18)48-16-47-24)27(34)31(43)49-26(39)14-45-19-7-9-20(10-8-19)46-15-38(32(36)44)23-5-3-2-4-21(23)33/h2-11,13,17,22,27-28,37H,12,14-16,34H2,1H3,(H2,35,40)(H2,36,44)(H,41,42)/t17?,22?,27-,28?/m0/s1. The van der Waals surface area contributed by atoms with Crippen LogP contribution in [0.15, 0.2) is 66.7 Å². The number of halogens is 1. The fourth-order valence-electron chi connectivity index (χ4n) is 4.68. The molecule has 0 aliphatic carbocycles. The Morgan fingerprint density at radius 2 is 1.61 bits per heavy atom. The van der Waals surface area contributed by atoms with Crippen molar-refractivity contribution >= 4 is 47.1 Å². The van der Waals surface area contributed by atoms with Crippen LogP contribution in [0.2, 0.25) is 5.02 Å². The van der Waals surface area contributed by atoms with E-state index in [0.29, 0.717) is 33.5 Å². The zero-order valence-electron chi connectivity index (χ0n) is 26.1. The second kappa shape index (κ2) is 16.5. The van der Waals surface area contributed by atoms with Crippen molar-refractivity contribution in [1.29, 1.82) is 0 Å². The highest BCUT2D eigenvalue weighted by atomic mass is 35.5. The average molecular weight is 700 g/mol. The van der Waals surface area contributed by atoms with Crippen LogP contribution < -0.4 is 46.4 Å². The van der Waals surface area contributed by atoms with Crippen molar-refractivity contribution in [3.63, 3.8) is 0 Å². The van der Waals surface area contributed by atoms with Crippen molar-refractivity contribution in [3.05, 3.63) is 77.3 Å². The minimum Gasteiger partial charge on any atom is -0.482 e. The lowest BCUT2D eigenvalue weighted by molar-refractivity contribution is -0.163. The summed E-state index contributed by atoms with van der Waals surface area (Å²) in [5.74, 6) is -4.20. The van der Waals surface area contributed by atoms with Crippen LogP contribution in [0, 0.1) is 5.92 Å². The number of aliphatic carboxylic acids is 1. The zero-order chi connectivity index (χ0) is 35.7. The summed E-state index contributed by atoms with van der Waals surface area (Å²) in [5, 5.41) is 12.9. The number of ether oxygens (including phenoxy) is 5. The van der Waals surface area contributed by atoms with Gasteiger partial charge < -0.3 is 46.0 Å². The highest BCUT2D eigenvalue weighted by molar-refractivity contribution is 6.33. The van der Waals surface area contributed by atoms with Gasteiger partial charge in [-0.25, -0.2) is 14.4 Å². The molecule has 0 saturated heterocycles. The van der Waals surface area contributed by atoms with E-state index in [2.05, 4.69) is 5.32 Å². The third-order valence-corrected chi connectivity index (χ3v) is 7.70. The maximum Gasteiger partial charge on any atom is 0.351 e. The monoisotopic (exact) mass is 699 g/mol. The largest absolute Gasteiger partial charge is 0.482 e. The number of urea groups is 1. The maximum atomic E-state index is 12.9. The smallest absolute Gasteiger partial charge is 0.351 e. The molecule has 0 bridgehead atoms. The molecular formula is C32H34ClN5O11. The van der Waals surface area contributed by atoms with Gasteiger partial charge in [-0.1, -0.05) is 36.7 Å². The number of para-hydroxylation sites is 1. The van der Waals surface area contributed by atoms with Crippen LogP contribution in [0.3, 0.4) is 0 Å². The Morgan fingerprint density at radius 1 is 0.959 bits per heavy atom. The quantitative estimate of drug-likeness (QED) is 0.0810. The number of esters is 2. The van der Waals surface area contributed by atoms with E-state index in [4.69, 9.17) is 52.5 Å². The van der Waals surface area contributed by atoms with E-state index in [1.165, 1.54) is 31.2 Å². The van der Waals surface area contributed by atoms with Crippen LogP contribution in [0.1, 0.15) is 12.5 Å². The van der Waals surface area contributed by atoms with Crippen LogP contribution >= 0.6 is 11.6 Å². The molecular weight excluding hydrogens is 666 g/mol. The van der Waals surface area contributed by atoms with Gasteiger partial charge in [-0.2, -0.15) is 0 Å². The SMILES string of the molecule is CC(C(N)=O)C(NC(Cc1ccc2c(c1)OCO2)C(=O)O)[C@H](N)C(=O)OC(=O)COc1ccc(OCN(C(N)=O)c2ccccc2Cl)cc1. The van der Waals surface area contributed by atoms with E-state index < -0.39 is 60.5 Å². The maximum absolute atomic E-state index is 12.9. The molecule has 0 fully saturated rings. The predicted octanol–water partition coefficient (Wildman–Crippen LogP) is 1.54. The lowest BCUT2D eigenvalue weighted by atomic mass is 9.92. The predicted molar refractivity (Wildman–Crippen MR) is 173 cm³/mol. The molecule has 1 aliphatic rings. The Bertz CT molecular complexity index is 1690. The molecule has 1 heterocycles. The summed E-state index contributed by atoms with van der Waals surface area (Å²) in [5.41, 5.74) is 17.9. The molecule has 17 heteroatoms. The minimum absolute atomic E-state index is 0.0319. The molecule has 0 radical (unpaired) electrons.